The normalized spacial score (nSPS) is 13.0. The Morgan fingerprint density at radius 2 is 2.33 bits per heavy atom. The average molecular weight is 286 g/mol. The molecule has 0 saturated carbocycles. The van der Waals surface area contributed by atoms with E-state index < -0.39 is 0 Å². The Morgan fingerprint density at radius 3 is 2.80 bits per heavy atom. The second kappa shape index (κ2) is 4.47. The molecule has 0 bridgehead atoms. The van der Waals surface area contributed by atoms with Crippen LogP contribution in [-0.2, 0) is 0 Å². The highest BCUT2D eigenvalue weighted by Gasteiger charge is 2.14. The van der Waals surface area contributed by atoms with E-state index in [1.807, 2.05) is 29.9 Å². The van der Waals surface area contributed by atoms with E-state index in [1.54, 1.807) is 11.3 Å². The molecule has 0 radical (unpaired) electrons. The lowest BCUT2D eigenvalue weighted by atomic mass is 10.2. The van der Waals surface area contributed by atoms with Gasteiger partial charge in [0.05, 0.1) is 15.5 Å². The summed E-state index contributed by atoms with van der Waals surface area (Å²) in [4.78, 5) is 1.23. The molecule has 80 valence electrons. The quantitative estimate of drug-likeness (QED) is 0.942. The molecule has 0 aliphatic carbocycles. The van der Waals surface area contributed by atoms with Gasteiger partial charge in [-0.1, -0.05) is 0 Å². The summed E-state index contributed by atoms with van der Waals surface area (Å²) in [6.07, 6.45) is 1.97. The van der Waals surface area contributed by atoms with Gasteiger partial charge in [-0.2, -0.15) is 5.10 Å². The zero-order valence-electron chi connectivity index (χ0n) is 8.35. The Hall–Kier alpha value is -0.650. The maximum Gasteiger partial charge on any atom is 0.0982 e. The molecule has 0 saturated heterocycles. The number of rotatable bonds is 3. The van der Waals surface area contributed by atoms with Crippen LogP contribution in [0.4, 0.5) is 0 Å². The second-order valence-corrected chi connectivity index (χ2v) is 5.83. The summed E-state index contributed by atoms with van der Waals surface area (Å²) in [5.41, 5.74) is 6.80. The molecular weight excluding hydrogens is 274 g/mol. The Labute approximate surface area is 101 Å². The maximum absolute atomic E-state index is 5.79. The number of aromatic nitrogens is 2. The number of aryl methyl sites for hydroxylation is 1. The summed E-state index contributed by atoms with van der Waals surface area (Å²) in [6.45, 7) is 2.54. The van der Waals surface area contributed by atoms with Gasteiger partial charge in [-0.25, -0.2) is 0 Å². The van der Waals surface area contributed by atoms with Gasteiger partial charge in [0, 0.05) is 17.6 Å². The van der Waals surface area contributed by atoms with Gasteiger partial charge in [0.1, 0.15) is 0 Å². The third-order valence-corrected chi connectivity index (χ3v) is 3.93. The summed E-state index contributed by atoms with van der Waals surface area (Å²) >= 11 is 5.16. The molecule has 1 atom stereocenters. The molecule has 0 fully saturated rings. The fourth-order valence-electron chi connectivity index (χ4n) is 1.47. The van der Waals surface area contributed by atoms with Crippen LogP contribution in [0.1, 0.15) is 16.6 Å². The molecule has 2 heterocycles. The lowest BCUT2D eigenvalue weighted by Gasteiger charge is -2.13. The number of thiophene rings is 1. The van der Waals surface area contributed by atoms with E-state index in [2.05, 4.69) is 27.1 Å². The van der Waals surface area contributed by atoms with Gasteiger partial charge in [-0.3, -0.25) is 4.68 Å². The van der Waals surface area contributed by atoms with Gasteiger partial charge < -0.3 is 5.73 Å². The smallest absolute Gasteiger partial charge is 0.0982 e. The van der Waals surface area contributed by atoms with E-state index in [0.717, 1.165) is 9.48 Å². The van der Waals surface area contributed by atoms with Gasteiger partial charge >= 0.3 is 0 Å². The summed E-state index contributed by atoms with van der Waals surface area (Å²) in [5.74, 6) is 0. The minimum absolute atomic E-state index is 0.148. The Morgan fingerprint density at radius 1 is 1.53 bits per heavy atom. The molecular formula is C10H12BrN3S. The summed E-state index contributed by atoms with van der Waals surface area (Å²) in [5, 5.41) is 4.40. The van der Waals surface area contributed by atoms with Crippen LogP contribution in [-0.4, -0.2) is 16.3 Å². The van der Waals surface area contributed by atoms with Crippen molar-refractivity contribution in [3.8, 4) is 0 Å². The van der Waals surface area contributed by atoms with Crippen LogP contribution < -0.4 is 5.73 Å². The highest BCUT2D eigenvalue weighted by molar-refractivity contribution is 9.11. The van der Waals surface area contributed by atoms with Crippen molar-refractivity contribution in [1.29, 1.82) is 0 Å². The number of nitrogens with zero attached hydrogens (tertiary/aromatic N) is 2. The van der Waals surface area contributed by atoms with Crippen molar-refractivity contribution >= 4 is 27.3 Å². The van der Waals surface area contributed by atoms with Crippen LogP contribution in [0, 0.1) is 6.92 Å². The molecule has 2 rings (SSSR count). The summed E-state index contributed by atoms with van der Waals surface area (Å²) in [6, 6.07) is 6.27. The van der Waals surface area contributed by atoms with Gasteiger partial charge in [0.25, 0.3) is 0 Å². The molecule has 5 heteroatoms. The maximum atomic E-state index is 5.79. The van der Waals surface area contributed by atoms with Crippen molar-refractivity contribution < 1.29 is 0 Å². The fourth-order valence-corrected chi connectivity index (χ4v) is 3.00. The van der Waals surface area contributed by atoms with Crippen LogP contribution in [0.3, 0.4) is 0 Å². The lowest BCUT2D eigenvalue weighted by Crippen LogP contribution is -2.19. The van der Waals surface area contributed by atoms with E-state index in [-0.39, 0.29) is 6.04 Å². The minimum atomic E-state index is 0.148. The molecule has 0 aliphatic heterocycles. The van der Waals surface area contributed by atoms with Gasteiger partial charge in [0.15, 0.2) is 0 Å². The van der Waals surface area contributed by atoms with Crippen molar-refractivity contribution in [2.75, 3.05) is 6.54 Å². The zero-order valence-corrected chi connectivity index (χ0v) is 10.8. The highest BCUT2D eigenvalue weighted by atomic mass is 79.9. The van der Waals surface area contributed by atoms with E-state index in [1.165, 1.54) is 4.88 Å². The number of hydrogen-bond acceptors (Lipinski definition) is 3. The van der Waals surface area contributed by atoms with E-state index in [0.29, 0.717) is 6.54 Å². The van der Waals surface area contributed by atoms with Gasteiger partial charge in [-0.15, -0.1) is 11.3 Å². The lowest BCUT2D eigenvalue weighted by molar-refractivity contribution is 0.536. The Kier molecular flexibility index (Phi) is 3.23. The van der Waals surface area contributed by atoms with Gasteiger partial charge in [0.2, 0.25) is 0 Å². The molecule has 2 aromatic heterocycles. The summed E-state index contributed by atoms with van der Waals surface area (Å²) in [7, 11) is 0. The molecule has 1 unspecified atom stereocenters. The number of halogens is 1. The predicted molar refractivity (Wildman–Crippen MR) is 66.2 cm³/mol. The van der Waals surface area contributed by atoms with Crippen molar-refractivity contribution in [3.63, 3.8) is 0 Å². The second-order valence-electron chi connectivity index (χ2n) is 3.33. The monoisotopic (exact) mass is 285 g/mol. The van der Waals surface area contributed by atoms with Crippen LogP contribution in [0.25, 0.3) is 0 Å². The fraction of sp³-hybridized carbons (Fsp3) is 0.300. The topological polar surface area (TPSA) is 43.8 Å². The molecule has 15 heavy (non-hydrogen) atoms. The molecule has 0 amide bonds. The third-order valence-electron chi connectivity index (χ3n) is 2.21. The standard InChI is InChI=1S/C10H12BrN3S/c1-7-4-5-14(13-7)8(6-12)9-2-3-10(11)15-9/h2-5,8H,6,12H2,1H3. The number of nitrogens with two attached hydrogens (primary N) is 1. The molecule has 0 aliphatic rings. The third kappa shape index (κ3) is 2.30. The van der Waals surface area contributed by atoms with Crippen molar-refractivity contribution in [2.24, 2.45) is 5.73 Å². The molecule has 3 nitrogen and oxygen atoms in total. The molecule has 0 spiro atoms. The molecule has 0 aromatic carbocycles. The predicted octanol–water partition coefficient (Wildman–Crippen LogP) is 2.56. The first-order valence-electron chi connectivity index (χ1n) is 4.68. The highest BCUT2D eigenvalue weighted by Crippen LogP contribution is 2.28. The Bertz CT molecular complexity index is 409. The van der Waals surface area contributed by atoms with Crippen LogP contribution >= 0.6 is 27.3 Å². The van der Waals surface area contributed by atoms with Gasteiger partial charge in [-0.05, 0) is 41.1 Å². The first-order chi connectivity index (χ1) is 7.20. The van der Waals surface area contributed by atoms with E-state index in [9.17, 15) is 0 Å². The van der Waals surface area contributed by atoms with Crippen molar-refractivity contribution in [1.82, 2.24) is 9.78 Å². The SMILES string of the molecule is Cc1ccn(C(CN)c2ccc(Br)s2)n1. The molecule has 2 aromatic rings. The van der Waals surface area contributed by atoms with Crippen LogP contribution in [0.5, 0.6) is 0 Å². The minimum Gasteiger partial charge on any atom is -0.328 e. The van der Waals surface area contributed by atoms with E-state index in [4.69, 9.17) is 5.73 Å². The van der Waals surface area contributed by atoms with Crippen LogP contribution in [0.2, 0.25) is 0 Å². The first kappa shape index (κ1) is 10.9. The number of hydrogen-bond donors (Lipinski definition) is 1. The first-order valence-corrected chi connectivity index (χ1v) is 6.28. The zero-order chi connectivity index (χ0) is 10.8. The molecule has 2 N–H and O–H groups in total. The summed E-state index contributed by atoms with van der Waals surface area (Å²) < 4.78 is 3.05. The average Bonchev–Trinajstić information content (AvgIpc) is 2.78. The van der Waals surface area contributed by atoms with Crippen LogP contribution in [0.15, 0.2) is 28.2 Å². The van der Waals surface area contributed by atoms with E-state index >= 15 is 0 Å². The van der Waals surface area contributed by atoms with Crippen molar-refractivity contribution in [3.05, 3.63) is 38.8 Å². The largest absolute Gasteiger partial charge is 0.328 e. The Balaban J connectivity index is 2.32. The van der Waals surface area contributed by atoms with Crippen molar-refractivity contribution in [2.45, 2.75) is 13.0 Å².